The van der Waals surface area contributed by atoms with E-state index in [2.05, 4.69) is 44.4 Å². The van der Waals surface area contributed by atoms with E-state index >= 15 is 0 Å². The molecule has 0 aromatic carbocycles. The molecule has 0 saturated heterocycles. The minimum absolute atomic E-state index is 0.0647. The monoisotopic (exact) mass is 355 g/mol. The van der Waals surface area contributed by atoms with E-state index in [-0.39, 0.29) is 5.91 Å². The average Bonchev–Trinajstić information content (AvgIpc) is 3.36. The van der Waals surface area contributed by atoms with Crippen LogP contribution >= 0.6 is 0 Å². The SMILES string of the molecule is CC(C)Nc1cc(N2CCCn3nc(C(=O)NC4CC4)cc3C2)ncn1. The molecule has 2 aromatic heterocycles. The summed E-state index contributed by atoms with van der Waals surface area (Å²) >= 11 is 0. The van der Waals surface area contributed by atoms with Gasteiger partial charge >= 0.3 is 0 Å². The molecule has 138 valence electrons. The Bertz CT molecular complexity index is 797. The van der Waals surface area contributed by atoms with Gasteiger partial charge in [0.2, 0.25) is 0 Å². The van der Waals surface area contributed by atoms with Crippen LogP contribution in [0.15, 0.2) is 18.5 Å². The van der Waals surface area contributed by atoms with Crippen molar-refractivity contribution in [2.45, 2.75) is 58.3 Å². The lowest BCUT2D eigenvalue weighted by atomic mass is 10.3. The van der Waals surface area contributed by atoms with Crippen LogP contribution in [0.25, 0.3) is 0 Å². The van der Waals surface area contributed by atoms with Crippen molar-refractivity contribution in [2.75, 3.05) is 16.8 Å². The molecule has 1 aliphatic carbocycles. The molecule has 4 rings (SSSR count). The number of carbonyl (C=O) groups is 1. The van der Waals surface area contributed by atoms with Crippen molar-refractivity contribution in [1.29, 1.82) is 0 Å². The first-order chi connectivity index (χ1) is 12.6. The summed E-state index contributed by atoms with van der Waals surface area (Å²) in [6.07, 6.45) is 4.70. The standard InChI is InChI=1S/C18H25N7O/c1-12(2)21-16-9-17(20-11-19-16)24-6-3-7-25-14(10-24)8-15(23-25)18(26)22-13-4-5-13/h8-9,11-13H,3-7,10H2,1-2H3,(H,22,26)(H,19,20,21). The summed E-state index contributed by atoms with van der Waals surface area (Å²) in [5.74, 6) is 1.65. The van der Waals surface area contributed by atoms with Crippen molar-refractivity contribution in [1.82, 2.24) is 25.1 Å². The van der Waals surface area contributed by atoms with Crippen molar-refractivity contribution in [3.63, 3.8) is 0 Å². The highest BCUT2D eigenvalue weighted by Crippen LogP contribution is 2.22. The summed E-state index contributed by atoms with van der Waals surface area (Å²) < 4.78 is 1.95. The average molecular weight is 355 g/mol. The minimum Gasteiger partial charge on any atom is -0.368 e. The molecule has 0 radical (unpaired) electrons. The molecule has 1 fully saturated rings. The molecule has 8 heteroatoms. The van der Waals surface area contributed by atoms with Crippen LogP contribution in [-0.2, 0) is 13.1 Å². The second-order valence-corrected chi connectivity index (χ2v) is 7.33. The predicted octanol–water partition coefficient (Wildman–Crippen LogP) is 1.80. The molecule has 1 saturated carbocycles. The van der Waals surface area contributed by atoms with Crippen LogP contribution in [0.4, 0.5) is 11.6 Å². The molecule has 8 nitrogen and oxygen atoms in total. The first-order valence-corrected chi connectivity index (χ1v) is 9.29. The summed E-state index contributed by atoms with van der Waals surface area (Å²) in [6.45, 7) is 6.55. The fraction of sp³-hybridized carbons (Fsp3) is 0.556. The number of hydrogen-bond acceptors (Lipinski definition) is 6. The van der Waals surface area contributed by atoms with Gasteiger partial charge in [-0.2, -0.15) is 5.10 Å². The number of anilines is 2. The number of nitrogens with zero attached hydrogens (tertiary/aromatic N) is 5. The third-order valence-corrected chi connectivity index (χ3v) is 4.57. The van der Waals surface area contributed by atoms with Gasteiger partial charge in [0.25, 0.3) is 5.91 Å². The van der Waals surface area contributed by atoms with Gasteiger partial charge in [0.05, 0.1) is 12.2 Å². The van der Waals surface area contributed by atoms with Gasteiger partial charge in [0.15, 0.2) is 5.69 Å². The van der Waals surface area contributed by atoms with Crippen LogP contribution < -0.4 is 15.5 Å². The smallest absolute Gasteiger partial charge is 0.272 e. The molecule has 0 spiro atoms. The molecule has 0 unspecified atom stereocenters. The lowest BCUT2D eigenvalue weighted by Gasteiger charge is -2.21. The first kappa shape index (κ1) is 16.8. The molecule has 1 aliphatic heterocycles. The number of rotatable bonds is 5. The zero-order chi connectivity index (χ0) is 18.1. The third kappa shape index (κ3) is 3.79. The van der Waals surface area contributed by atoms with Gasteiger partial charge in [0.1, 0.15) is 18.0 Å². The predicted molar refractivity (Wildman–Crippen MR) is 99.2 cm³/mol. The highest BCUT2D eigenvalue weighted by Gasteiger charge is 2.26. The Morgan fingerprint density at radius 2 is 2.08 bits per heavy atom. The van der Waals surface area contributed by atoms with Gasteiger partial charge in [-0.05, 0) is 39.2 Å². The van der Waals surface area contributed by atoms with E-state index in [4.69, 9.17) is 0 Å². The molecular weight excluding hydrogens is 330 g/mol. The van der Waals surface area contributed by atoms with Crippen LogP contribution in [0.1, 0.15) is 49.3 Å². The first-order valence-electron chi connectivity index (χ1n) is 9.29. The molecule has 2 N–H and O–H groups in total. The largest absolute Gasteiger partial charge is 0.368 e. The second kappa shape index (κ2) is 6.93. The van der Waals surface area contributed by atoms with Crippen molar-refractivity contribution >= 4 is 17.5 Å². The van der Waals surface area contributed by atoms with Crippen molar-refractivity contribution < 1.29 is 4.79 Å². The summed E-state index contributed by atoms with van der Waals surface area (Å²) in [5.41, 5.74) is 1.55. The Balaban J connectivity index is 1.52. The maximum Gasteiger partial charge on any atom is 0.272 e. The highest BCUT2D eigenvalue weighted by molar-refractivity contribution is 5.92. The quantitative estimate of drug-likeness (QED) is 0.850. The number of fused-ring (bicyclic) bond motifs is 1. The van der Waals surface area contributed by atoms with E-state index in [1.165, 1.54) is 0 Å². The molecule has 3 heterocycles. The van der Waals surface area contributed by atoms with E-state index in [1.54, 1.807) is 6.33 Å². The van der Waals surface area contributed by atoms with E-state index in [0.29, 0.717) is 24.3 Å². The van der Waals surface area contributed by atoms with Crippen molar-refractivity contribution in [3.8, 4) is 0 Å². The number of nitrogens with one attached hydrogen (secondary N) is 2. The summed E-state index contributed by atoms with van der Waals surface area (Å²) in [4.78, 5) is 23.2. The lowest BCUT2D eigenvalue weighted by Crippen LogP contribution is -2.26. The summed E-state index contributed by atoms with van der Waals surface area (Å²) in [6, 6.07) is 4.54. The summed E-state index contributed by atoms with van der Waals surface area (Å²) in [7, 11) is 0. The molecule has 0 atom stereocenters. The van der Waals surface area contributed by atoms with Crippen LogP contribution in [0.5, 0.6) is 0 Å². The van der Waals surface area contributed by atoms with Crippen molar-refractivity contribution in [2.24, 2.45) is 0 Å². The summed E-state index contributed by atoms with van der Waals surface area (Å²) in [5, 5.41) is 10.8. The maximum atomic E-state index is 12.3. The van der Waals surface area contributed by atoms with Crippen LogP contribution in [-0.4, -0.2) is 44.3 Å². The fourth-order valence-electron chi connectivity index (χ4n) is 3.15. The molecule has 26 heavy (non-hydrogen) atoms. The molecule has 0 bridgehead atoms. The van der Waals surface area contributed by atoms with Gasteiger partial charge in [-0.25, -0.2) is 9.97 Å². The Labute approximate surface area is 153 Å². The Hall–Kier alpha value is -2.64. The third-order valence-electron chi connectivity index (χ3n) is 4.57. The second-order valence-electron chi connectivity index (χ2n) is 7.33. The number of carbonyl (C=O) groups excluding carboxylic acids is 1. The highest BCUT2D eigenvalue weighted by atomic mass is 16.2. The van der Waals surface area contributed by atoms with E-state index in [0.717, 1.165) is 49.7 Å². The van der Waals surface area contributed by atoms with Gasteiger partial charge in [-0.3, -0.25) is 9.48 Å². The lowest BCUT2D eigenvalue weighted by molar-refractivity contribution is 0.0945. The number of aryl methyl sites for hydroxylation is 1. The molecular formula is C18H25N7O. The zero-order valence-electron chi connectivity index (χ0n) is 15.3. The van der Waals surface area contributed by atoms with Gasteiger partial charge < -0.3 is 15.5 Å². The number of amides is 1. The van der Waals surface area contributed by atoms with Crippen LogP contribution in [0, 0.1) is 0 Å². The fourth-order valence-corrected chi connectivity index (χ4v) is 3.15. The zero-order valence-corrected chi connectivity index (χ0v) is 15.3. The topological polar surface area (TPSA) is 88.0 Å². The normalized spacial score (nSPS) is 17.0. The molecule has 2 aromatic rings. The maximum absolute atomic E-state index is 12.3. The van der Waals surface area contributed by atoms with Crippen LogP contribution in [0.3, 0.4) is 0 Å². The molecule has 1 amide bonds. The van der Waals surface area contributed by atoms with Crippen molar-refractivity contribution in [3.05, 3.63) is 29.8 Å². The van der Waals surface area contributed by atoms with E-state index in [9.17, 15) is 4.79 Å². The van der Waals surface area contributed by atoms with Gasteiger partial charge in [-0.1, -0.05) is 0 Å². The molecule has 2 aliphatic rings. The Morgan fingerprint density at radius 1 is 1.23 bits per heavy atom. The Morgan fingerprint density at radius 3 is 2.85 bits per heavy atom. The van der Waals surface area contributed by atoms with E-state index < -0.39 is 0 Å². The van der Waals surface area contributed by atoms with Crippen LogP contribution in [0.2, 0.25) is 0 Å². The van der Waals surface area contributed by atoms with E-state index in [1.807, 2.05) is 16.8 Å². The van der Waals surface area contributed by atoms with Gasteiger partial charge in [0, 0.05) is 31.2 Å². The Kier molecular flexibility index (Phi) is 4.48. The number of aromatic nitrogens is 4. The van der Waals surface area contributed by atoms with Gasteiger partial charge in [-0.15, -0.1) is 0 Å². The minimum atomic E-state index is -0.0647. The number of hydrogen-bond donors (Lipinski definition) is 2.